The van der Waals surface area contributed by atoms with Crippen molar-refractivity contribution in [1.82, 2.24) is 10.3 Å². The van der Waals surface area contributed by atoms with Gasteiger partial charge in [-0.3, -0.25) is 4.98 Å². The lowest BCUT2D eigenvalue weighted by atomic mass is 10.1. The largest absolute Gasteiger partial charge is 0.373 e. The van der Waals surface area contributed by atoms with Crippen molar-refractivity contribution >= 4 is 5.69 Å². The van der Waals surface area contributed by atoms with Crippen LogP contribution in [0.5, 0.6) is 0 Å². The Morgan fingerprint density at radius 2 is 2.00 bits per heavy atom. The molecule has 0 aliphatic heterocycles. The highest BCUT2D eigenvalue weighted by Crippen LogP contribution is 2.12. The second kappa shape index (κ2) is 7.01. The van der Waals surface area contributed by atoms with Crippen LogP contribution in [-0.2, 0) is 0 Å². The van der Waals surface area contributed by atoms with E-state index in [1.165, 1.54) is 18.0 Å². The van der Waals surface area contributed by atoms with E-state index in [2.05, 4.69) is 34.4 Å². The summed E-state index contributed by atoms with van der Waals surface area (Å²) < 4.78 is 13.1. The molecule has 0 aliphatic carbocycles. The van der Waals surface area contributed by atoms with E-state index in [0.29, 0.717) is 0 Å². The number of nitrogens with one attached hydrogen (secondary N) is 1. The Bertz CT molecular complexity index is 530. The summed E-state index contributed by atoms with van der Waals surface area (Å²) >= 11 is 0. The Balaban J connectivity index is 1.81. The third kappa shape index (κ3) is 4.03. The van der Waals surface area contributed by atoms with Crippen LogP contribution in [0.3, 0.4) is 0 Å². The molecule has 1 aromatic heterocycles. The molecule has 20 heavy (non-hydrogen) atoms. The number of nitrogens with zero attached hydrogens (tertiary/aromatic N) is 2. The van der Waals surface area contributed by atoms with Crippen molar-refractivity contribution in [2.24, 2.45) is 0 Å². The number of para-hydroxylation sites is 1. The Hall–Kier alpha value is -1.94. The number of benzene rings is 1. The molecule has 0 unspecified atom stereocenters. The lowest BCUT2D eigenvalue weighted by Crippen LogP contribution is -2.30. The van der Waals surface area contributed by atoms with Gasteiger partial charge < -0.3 is 10.2 Å². The van der Waals surface area contributed by atoms with Crippen molar-refractivity contribution in [1.29, 1.82) is 0 Å². The Morgan fingerprint density at radius 3 is 2.70 bits per heavy atom. The van der Waals surface area contributed by atoms with Gasteiger partial charge in [0, 0.05) is 38.1 Å². The molecular formula is C16H20FN3. The highest BCUT2D eigenvalue weighted by atomic mass is 19.1. The third-order valence-corrected chi connectivity index (χ3v) is 3.32. The molecule has 1 N–H and O–H groups in total. The number of aromatic nitrogens is 1. The quantitative estimate of drug-likeness (QED) is 0.877. The van der Waals surface area contributed by atoms with Crippen molar-refractivity contribution < 1.29 is 4.39 Å². The molecule has 1 aromatic carbocycles. The molecular weight excluding hydrogens is 253 g/mol. The lowest BCUT2D eigenvalue weighted by molar-refractivity contribution is 0.563. The van der Waals surface area contributed by atoms with Gasteiger partial charge in [-0.15, -0.1) is 0 Å². The summed E-state index contributed by atoms with van der Waals surface area (Å²) in [7, 11) is 2.06. The minimum Gasteiger partial charge on any atom is -0.373 e. The molecule has 0 bridgehead atoms. The van der Waals surface area contributed by atoms with Crippen LogP contribution in [0.4, 0.5) is 10.1 Å². The zero-order valence-electron chi connectivity index (χ0n) is 11.9. The second-order valence-electron chi connectivity index (χ2n) is 4.87. The molecule has 0 saturated heterocycles. The van der Waals surface area contributed by atoms with E-state index in [4.69, 9.17) is 0 Å². The molecule has 0 radical (unpaired) electrons. The molecule has 2 rings (SSSR count). The number of halogens is 1. The number of hydrogen-bond acceptors (Lipinski definition) is 3. The summed E-state index contributed by atoms with van der Waals surface area (Å²) in [5.41, 5.74) is 2.06. The van der Waals surface area contributed by atoms with Crippen LogP contribution in [0, 0.1) is 5.82 Å². The van der Waals surface area contributed by atoms with Gasteiger partial charge in [0.05, 0.1) is 6.20 Å². The van der Waals surface area contributed by atoms with Gasteiger partial charge in [-0.2, -0.15) is 0 Å². The van der Waals surface area contributed by atoms with E-state index in [0.717, 1.165) is 18.7 Å². The van der Waals surface area contributed by atoms with Crippen LogP contribution in [0.25, 0.3) is 0 Å². The molecule has 4 heteroatoms. The Morgan fingerprint density at radius 1 is 1.25 bits per heavy atom. The van der Waals surface area contributed by atoms with Crippen LogP contribution in [0.15, 0.2) is 48.8 Å². The van der Waals surface area contributed by atoms with Gasteiger partial charge in [0.15, 0.2) is 0 Å². The normalized spacial score (nSPS) is 12.2. The minimum atomic E-state index is -0.294. The predicted molar refractivity (Wildman–Crippen MR) is 80.3 cm³/mol. The Kier molecular flexibility index (Phi) is 5.07. The average Bonchev–Trinajstić information content (AvgIpc) is 2.48. The molecule has 3 nitrogen and oxygen atoms in total. The van der Waals surface area contributed by atoms with Gasteiger partial charge in [-0.25, -0.2) is 4.39 Å². The fourth-order valence-corrected chi connectivity index (χ4v) is 2.04. The van der Waals surface area contributed by atoms with E-state index in [1.54, 1.807) is 6.20 Å². The zero-order chi connectivity index (χ0) is 14.4. The third-order valence-electron chi connectivity index (χ3n) is 3.32. The fraction of sp³-hybridized carbons (Fsp3) is 0.312. The zero-order valence-corrected chi connectivity index (χ0v) is 11.9. The number of anilines is 1. The first-order valence-corrected chi connectivity index (χ1v) is 6.77. The maximum absolute atomic E-state index is 13.1. The van der Waals surface area contributed by atoms with Gasteiger partial charge in [0.1, 0.15) is 5.82 Å². The van der Waals surface area contributed by atoms with Crippen molar-refractivity contribution in [3.8, 4) is 0 Å². The van der Waals surface area contributed by atoms with E-state index >= 15 is 0 Å². The molecule has 0 amide bonds. The number of rotatable bonds is 6. The maximum atomic E-state index is 13.1. The highest BCUT2D eigenvalue weighted by molar-refractivity contribution is 5.44. The van der Waals surface area contributed by atoms with Gasteiger partial charge in [0.2, 0.25) is 0 Å². The second-order valence-corrected chi connectivity index (χ2v) is 4.87. The van der Waals surface area contributed by atoms with Crippen LogP contribution in [-0.4, -0.2) is 25.1 Å². The van der Waals surface area contributed by atoms with Crippen LogP contribution in [0.2, 0.25) is 0 Å². The maximum Gasteiger partial charge on any atom is 0.141 e. The van der Waals surface area contributed by atoms with Gasteiger partial charge >= 0.3 is 0 Å². The van der Waals surface area contributed by atoms with E-state index in [-0.39, 0.29) is 11.9 Å². The Labute approximate surface area is 119 Å². The number of hydrogen-bond donors (Lipinski definition) is 1. The summed E-state index contributed by atoms with van der Waals surface area (Å²) in [5.74, 6) is -0.294. The van der Waals surface area contributed by atoms with E-state index in [9.17, 15) is 4.39 Å². The molecule has 2 aromatic rings. The topological polar surface area (TPSA) is 28.2 Å². The first kappa shape index (κ1) is 14.5. The van der Waals surface area contributed by atoms with Gasteiger partial charge in [-0.1, -0.05) is 18.2 Å². The summed E-state index contributed by atoms with van der Waals surface area (Å²) in [6.45, 7) is 3.72. The van der Waals surface area contributed by atoms with Crippen LogP contribution >= 0.6 is 0 Å². The van der Waals surface area contributed by atoms with Crippen molar-refractivity contribution in [3.63, 3.8) is 0 Å². The van der Waals surface area contributed by atoms with Crippen LogP contribution in [0.1, 0.15) is 18.5 Å². The van der Waals surface area contributed by atoms with Crippen molar-refractivity contribution in [2.45, 2.75) is 13.0 Å². The number of pyridine rings is 1. The lowest BCUT2D eigenvalue weighted by Gasteiger charge is -2.21. The van der Waals surface area contributed by atoms with Crippen LogP contribution < -0.4 is 10.2 Å². The molecule has 1 atom stereocenters. The molecule has 0 saturated carbocycles. The molecule has 0 aliphatic rings. The molecule has 1 heterocycles. The molecule has 106 valence electrons. The minimum absolute atomic E-state index is 0.0855. The summed E-state index contributed by atoms with van der Waals surface area (Å²) in [6, 6.07) is 11.8. The summed E-state index contributed by atoms with van der Waals surface area (Å²) in [5, 5.41) is 3.38. The van der Waals surface area contributed by atoms with Crippen molar-refractivity contribution in [2.75, 3.05) is 25.0 Å². The average molecular weight is 273 g/mol. The standard InChI is InChI=1S/C16H20FN3/c1-13(14-10-15(17)12-18-11-14)19-8-9-20(2)16-6-4-3-5-7-16/h3-7,10-13,19H,8-9H2,1-2H3/t13-/m1/s1. The molecule has 0 spiro atoms. The van der Waals surface area contributed by atoms with Gasteiger partial charge in [-0.05, 0) is 30.7 Å². The summed E-state index contributed by atoms with van der Waals surface area (Å²) in [4.78, 5) is 6.05. The first-order valence-electron chi connectivity index (χ1n) is 6.77. The highest BCUT2D eigenvalue weighted by Gasteiger charge is 2.06. The smallest absolute Gasteiger partial charge is 0.141 e. The first-order chi connectivity index (χ1) is 9.66. The predicted octanol–water partition coefficient (Wildman–Crippen LogP) is 3.01. The summed E-state index contributed by atoms with van der Waals surface area (Å²) in [6.07, 6.45) is 2.92. The van der Waals surface area contributed by atoms with E-state index in [1.807, 2.05) is 25.1 Å². The fourth-order valence-electron chi connectivity index (χ4n) is 2.04. The molecule has 0 fully saturated rings. The monoisotopic (exact) mass is 273 g/mol. The SMILES string of the molecule is C[C@@H](NCCN(C)c1ccccc1)c1cncc(F)c1. The van der Waals surface area contributed by atoms with Gasteiger partial charge in [0.25, 0.3) is 0 Å². The van der Waals surface area contributed by atoms with Crippen molar-refractivity contribution in [3.05, 3.63) is 60.2 Å². The van der Waals surface area contributed by atoms with E-state index < -0.39 is 0 Å². The number of likely N-dealkylation sites (N-methyl/N-ethyl adjacent to an activating group) is 1.